The van der Waals surface area contributed by atoms with Gasteiger partial charge in [-0.2, -0.15) is 0 Å². The van der Waals surface area contributed by atoms with Gasteiger partial charge in [0.25, 0.3) is 5.91 Å². The quantitative estimate of drug-likeness (QED) is 0.727. The Balaban J connectivity index is 1.65. The maximum Gasteiger partial charge on any atom is 0.325 e. The van der Waals surface area contributed by atoms with E-state index < -0.39 is 11.6 Å². The molecule has 0 radical (unpaired) electrons. The van der Waals surface area contributed by atoms with Crippen LogP contribution in [0.5, 0.6) is 0 Å². The molecule has 1 unspecified atom stereocenters. The van der Waals surface area contributed by atoms with Crippen LogP contribution in [0, 0.1) is 11.3 Å². The molecule has 2 aliphatic heterocycles. The molecule has 4 amide bonds. The molecule has 1 spiro atoms. The van der Waals surface area contributed by atoms with E-state index in [1.807, 2.05) is 4.90 Å². The van der Waals surface area contributed by atoms with Crippen molar-refractivity contribution < 1.29 is 14.4 Å². The lowest BCUT2D eigenvalue weighted by Gasteiger charge is -2.42. The van der Waals surface area contributed by atoms with Crippen LogP contribution in [0.1, 0.15) is 85.5 Å². The normalized spacial score (nSPS) is 31.4. The predicted octanol–water partition coefficient (Wildman–Crippen LogP) is 3.69. The Kier molecular flexibility index (Phi) is 6.06. The van der Waals surface area contributed by atoms with Gasteiger partial charge in [0.2, 0.25) is 5.91 Å². The van der Waals surface area contributed by atoms with Gasteiger partial charge < -0.3 is 10.2 Å². The molecule has 1 atom stereocenters. The number of nitrogens with zero attached hydrogens (tertiary/aromatic N) is 2. The van der Waals surface area contributed by atoms with Crippen LogP contribution in [0.4, 0.5) is 4.79 Å². The molecule has 2 saturated heterocycles. The van der Waals surface area contributed by atoms with Crippen molar-refractivity contribution in [3.05, 3.63) is 0 Å². The van der Waals surface area contributed by atoms with E-state index in [-0.39, 0.29) is 29.8 Å². The van der Waals surface area contributed by atoms with E-state index in [0.29, 0.717) is 18.8 Å². The minimum absolute atomic E-state index is 0.0899. The average molecular weight is 392 g/mol. The molecule has 6 heteroatoms. The molecule has 3 fully saturated rings. The van der Waals surface area contributed by atoms with Crippen LogP contribution in [0.15, 0.2) is 0 Å². The molecule has 6 nitrogen and oxygen atoms in total. The van der Waals surface area contributed by atoms with Gasteiger partial charge in [-0.3, -0.25) is 14.5 Å². The molecule has 2 heterocycles. The third-order valence-corrected chi connectivity index (χ3v) is 7.81. The van der Waals surface area contributed by atoms with Gasteiger partial charge >= 0.3 is 6.03 Å². The Labute approximate surface area is 169 Å². The second-order valence-electron chi connectivity index (χ2n) is 9.66. The molecule has 0 bridgehead atoms. The first-order chi connectivity index (χ1) is 13.2. The summed E-state index contributed by atoms with van der Waals surface area (Å²) in [5.41, 5.74) is -0.532. The molecule has 0 aromatic rings. The first kappa shape index (κ1) is 21.1. The summed E-state index contributed by atoms with van der Waals surface area (Å²) >= 11 is 0. The van der Waals surface area contributed by atoms with E-state index in [1.165, 1.54) is 4.90 Å². The molecule has 3 rings (SSSR count). The number of rotatable bonds is 5. The lowest BCUT2D eigenvalue weighted by Crippen LogP contribution is -2.52. The molecule has 28 heavy (non-hydrogen) atoms. The highest BCUT2D eigenvalue weighted by Gasteiger charge is 2.54. The average Bonchev–Trinajstić information content (AvgIpc) is 2.92. The highest BCUT2D eigenvalue weighted by Crippen LogP contribution is 2.45. The zero-order valence-electron chi connectivity index (χ0n) is 18.1. The number of nitrogens with one attached hydrogen (secondary N) is 1. The fourth-order valence-corrected chi connectivity index (χ4v) is 5.32. The summed E-state index contributed by atoms with van der Waals surface area (Å²) in [7, 11) is 0. The van der Waals surface area contributed by atoms with Gasteiger partial charge in [0.05, 0.1) is 0 Å². The molecular weight excluding hydrogens is 354 g/mol. The smallest absolute Gasteiger partial charge is 0.325 e. The Bertz CT molecular complexity index is 623. The largest absolute Gasteiger partial charge is 0.338 e. The molecule has 1 N–H and O–H groups in total. The van der Waals surface area contributed by atoms with Crippen molar-refractivity contribution in [2.45, 2.75) is 97.1 Å². The summed E-state index contributed by atoms with van der Waals surface area (Å²) in [4.78, 5) is 41.7. The van der Waals surface area contributed by atoms with Gasteiger partial charge in [-0.25, -0.2) is 4.79 Å². The van der Waals surface area contributed by atoms with Crippen LogP contribution < -0.4 is 5.32 Å². The number of amides is 4. The number of hydrogen-bond donors (Lipinski definition) is 1. The zero-order valence-corrected chi connectivity index (χ0v) is 18.1. The fourth-order valence-electron chi connectivity index (χ4n) is 5.32. The van der Waals surface area contributed by atoms with E-state index >= 15 is 0 Å². The summed E-state index contributed by atoms with van der Waals surface area (Å²) in [6, 6.07) is -0.153. The third kappa shape index (κ3) is 3.79. The maximum absolute atomic E-state index is 13.2. The van der Waals surface area contributed by atoms with Gasteiger partial charge in [-0.15, -0.1) is 0 Å². The van der Waals surface area contributed by atoms with Crippen molar-refractivity contribution in [2.24, 2.45) is 11.3 Å². The van der Waals surface area contributed by atoms with Gasteiger partial charge in [0.1, 0.15) is 12.1 Å². The van der Waals surface area contributed by atoms with Gasteiger partial charge in [0, 0.05) is 12.6 Å². The van der Waals surface area contributed by atoms with Gasteiger partial charge in [0.15, 0.2) is 0 Å². The Hall–Kier alpha value is -1.59. The Morgan fingerprint density at radius 1 is 1.14 bits per heavy atom. The topological polar surface area (TPSA) is 69.7 Å². The van der Waals surface area contributed by atoms with Crippen molar-refractivity contribution >= 4 is 17.8 Å². The van der Waals surface area contributed by atoms with Crippen molar-refractivity contribution in [1.29, 1.82) is 0 Å². The number of piperidine rings is 1. The standard InChI is InChI=1S/C22H37N3O3/c1-5-17-9-7-8-14-24(17)18(26)15-25-19(27)22(23-20(25)28)12-10-16(11-13-22)21(3,4)6-2/h16-17H,5-15H2,1-4H3,(H,23,28). The first-order valence-corrected chi connectivity index (χ1v) is 11.2. The highest BCUT2D eigenvalue weighted by molar-refractivity contribution is 6.09. The summed E-state index contributed by atoms with van der Waals surface area (Å²) in [6.45, 7) is 9.50. The number of urea groups is 1. The van der Waals surface area contributed by atoms with Crippen molar-refractivity contribution in [3.63, 3.8) is 0 Å². The summed E-state index contributed by atoms with van der Waals surface area (Å²) in [6.07, 6.45) is 8.43. The molecule has 158 valence electrons. The first-order valence-electron chi connectivity index (χ1n) is 11.2. The SMILES string of the molecule is CCC1CCCCN1C(=O)CN1C(=O)NC2(CCC(C(C)(C)CC)CC2)C1=O. The molecule has 0 aromatic carbocycles. The third-order valence-electron chi connectivity index (χ3n) is 7.81. The second-order valence-corrected chi connectivity index (χ2v) is 9.66. The number of imide groups is 1. The molecule has 3 aliphatic rings. The van der Waals surface area contributed by atoms with E-state index in [0.717, 1.165) is 51.5 Å². The number of likely N-dealkylation sites (tertiary alicyclic amines) is 1. The van der Waals surface area contributed by atoms with E-state index in [1.54, 1.807) is 0 Å². The van der Waals surface area contributed by atoms with Crippen molar-refractivity contribution in [3.8, 4) is 0 Å². The molecular formula is C22H37N3O3. The number of carbonyl (C=O) groups excluding carboxylic acids is 3. The van der Waals surface area contributed by atoms with Crippen LogP contribution in [0.2, 0.25) is 0 Å². The van der Waals surface area contributed by atoms with Crippen molar-refractivity contribution in [1.82, 2.24) is 15.1 Å². The summed E-state index contributed by atoms with van der Waals surface area (Å²) in [5.74, 6) is 0.290. The predicted molar refractivity (Wildman–Crippen MR) is 109 cm³/mol. The zero-order chi connectivity index (χ0) is 20.5. The van der Waals surface area contributed by atoms with Crippen LogP contribution in [0.25, 0.3) is 0 Å². The minimum atomic E-state index is -0.788. The van der Waals surface area contributed by atoms with Crippen LogP contribution >= 0.6 is 0 Å². The molecule has 1 saturated carbocycles. The van der Waals surface area contributed by atoms with Crippen LogP contribution in [0.3, 0.4) is 0 Å². The number of hydrogen-bond acceptors (Lipinski definition) is 3. The van der Waals surface area contributed by atoms with Crippen molar-refractivity contribution in [2.75, 3.05) is 13.1 Å². The Morgan fingerprint density at radius 3 is 2.43 bits per heavy atom. The summed E-state index contributed by atoms with van der Waals surface area (Å²) in [5, 5.41) is 2.96. The fraction of sp³-hybridized carbons (Fsp3) is 0.864. The Morgan fingerprint density at radius 2 is 1.82 bits per heavy atom. The van der Waals surface area contributed by atoms with Crippen LogP contribution in [-0.4, -0.2) is 52.3 Å². The second kappa shape index (κ2) is 8.03. The monoisotopic (exact) mass is 391 g/mol. The highest BCUT2D eigenvalue weighted by atomic mass is 16.2. The lowest BCUT2D eigenvalue weighted by atomic mass is 9.65. The maximum atomic E-state index is 13.2. The number of carbonyl (C=O) groups is 3. The minimum Gasteiger partial charge on any atom is -0.338 e. The summed E-state index contributed by atoms with van der Waals surface area (Å²) < 4.78 is 0. The van der Waals surface area contributed by atoms with E-state index in [2.05, 4.69) is 33.0 Å². The van der Waals surface area contributed by atoms with Crippen LogP contribution in [-0.2, 0) is 9.59 Å². The van der Waals surface area contributed by atoms with Gasteiger partial charge in [-0.1, -0.05) is 34.1 Å². The van der Waals surface area contributed by atoms with E-state index in [4.69, 9.17) is 0 Å². The molecule has 0 aromatic heterocycles. The van der Waals surface area contributed by atoms with Gasteiger partial charge in [-0.05, 0) is 62.7 Å². The molecule has 1 aliphatic carbocycles. The lowest BCUT2D eigenvalue weighted by molar-refractivity contribution is -0.142. The van der Waals surface area contributed by atoms with E-state index in [9.17, 15) is 14.4 Å².